The summed E-state index contributed by atoms with van der Waals surface area (Å²) in [4.78, 5) is 0. The molecule has 2 aromatic rings. The number of hydrogen-bond acceptors (Lipinski definition) is 3. The van der Waals surface area contributed by atoms with Crippen molar-refractivity contribution >= 4 is 0 Å². The van der Waals surface area contributed by atoms with E-state index in [4.69, 9.17) is 4.74 Å². The first kappa shape index (κ1) is 15.6. The SMILES string of the molecule is CCNC(CCOc1cccc(C)c1)c1cnn(CC)c1. The van der Waals surface area contributed by atoms with E-state index in [0.29, 0.717) is 12.6 Å². The van der Waals surface area contributed by atoms with Gasteiger partial charge in [0, 0.05) is 30.8 Å². The third kappa shape index (κ3) is 4.60. The summed E-state index contributed by atoms with van der Waals surface area (Å²) in [5, 5.41) is 7.85. The van der Waals surface area contributed by atoms with Crippen LogP contribution in [-0.2, 0) is 6.54 Å². The molecule has 114 valence electrons. The van der Waals surface area contributed by atoms with Gasteiger partial charge in [-0.1, -0.05) is 19.1 Å². The van der Waals surface area contributed by atoms with Crippen LogP contribution in [0.25, 0.3) is 0 Å². The topological polar surface area (TPSA) is 39.1 Å². The van der Waals surface area contributed by atoms with Crippen LogP contribution in [-0.4, -0.2) is 22.9 Å². The molecule has 21 heavy (non-hydrogen) atoms. The Bertz CT molecular complexity index is 550. The van der Waals surface area contributed by atoms with Crippen LogP contribution in [0.3, 0.4) is 0 Å². The molecule has 0 aliphatic heterocycles. The Morgan fingerprint density at radius 1 is 1.33 bits per heavy atom. The third-order valence-electron chi connectivity index (χ3n) is 3.49. The van der Waals surface area contributed by atoms with Gasteiger partial charge in [0.15, 0.2) is 0 Å². The van der Waals surface area contributed by atoms with Crippen LogP contribution in [0.15, 0.2) is 36.7 Å². The number of nitrogens with one attached hydrogen (secondary N) is 1. The van der Waals surface area contributed by atoms with Crippen LogP contribution in [0, 0.1) is 6.92 Å². The predicted molar refractivity (Wildman–Crippen MR) is 85.6 cm³/mol. The highest BCUT2D eigenvalue weighted by molar-refractivity contribution is 5.27. The molecular formula is C17H25N3O. The second-order valence-electron chi connectivity index (χ2n) is 5.19. The predicted octanol–water partition coefficient (Wildman–Crippen LogP) is 3.33. The normalized spacial score (nSPS) is 12.3. The van der Waals surface area contributed by atoms with E-state index in [1.165, 1.54) is 11.1 Å². The van der Waals surface area contributed by atoms with Crippen LogP contribution in [0.1, 0.15) is 37.4 Å². The molecular weight excluding hydrogens is 262 g/mol. The minimum atomic E-state index is 0.292. The fourth-order valence-corrected chi connectivity index (χ4v) is 2.37. The van der Waals surface area contributed by atoms with Gasteiger partial charge in [0.2, 0.25) is 0 Å². The van der Waals surface area contributed by atoms with Crippen molar-refractivity contribution in [3.8, 4) is 5.75 Å². The van der Waals surface area contributed by atoms with Crippen molar-refractivity contribution < 1.29 is 4.74 Å². The Hall–Kier alpha value is -1.81. The Balaban J connectivity index is 1.90. The lowest BCUT2D eigenvalue weighted by molar-refractivity contribution is 0.287. The van der Waals surface area contributed by atoms with Crippen LogP contribution in [0.4, 0.5) is 0 Å². The van der Waals surface area contributed by atoms with E-state index in [9.17, 15) is 0 Å². The lowest BCUT2D eigenvalue weighted by atomic mass is 10.1. The van der Waals surface area contributed by atoms with Crippen LogP contribution in [0.5, 0.6) is 5.75 Å². The van der Waals surface area contributed by atoms with Gasteiger partial charge in [0.05, 0.1) is 12.8 Å². The molecule has 0 bridgehead atoms. The number of nitrogens with zero attached hydrogens (tertiary/aromatic N) is 2. The van der Waals surface area contributed by atoms with Crippen molar-refractivity contribution in [2.75, 3.05) is 13.2 Å². The summed E-state index contributed by atoms with van der Waals surface area (Å²) in [6, 6.07) is 8.47. The molecule has 0 spiro atoms. The van der Waals surface area contributed by atoms with Crippen LogP contribution in [0.2, 0.25) is 0 Å². The number of rotatable bonds is 8. The largest absolute Gasteiger partial charge is 0.494 e. The van der Waals surface area contributed by atoms with Gasteiger partial charge in [-0.05, 0) is 38.1 Å². The second kappa shape index (κ2) is 7.84. The molecule has 1 aromatic heterocycles. The number of ether oxygens (including phenoxy) is 1. The minimum Gasteiger partial charge on any atom is -0.494 e. The number of hydrogen-bond donors (Lipinski definition) is 1. The lowest BCUT2D eigenvalue weighted by Crippen LogP contribution is -2.22. The lowest BCUT2D eigenvalue weighted by Gasteiger charge is -2.17. The monoisotopic (exact) mass is 287 g/mol. The molecule has 0 aliphatic carbocycles. The van der Waals surface area contributed by atoms with Crippen LogP contribution < -0.4 is 10.1 Å². The second-order valence-corrected chi connectivity index (χ2v) is 5.19. The third-order valence-corrected chi connectivity index (χ3v) is 3.49. The summed E-state index contributed by atoms with van der Waals surface area (Å²) < 4.78 is 7.81. The van der Waals surface area contributed by atoms with Gasteiger partial charge in [0.1, 0.15) is 5.75 Å². The Morgan fingerprint density at radius 3 is 2.86 bits per heavy atom. The first-order valence-corrected chi connectivity index (χ1v) is 7.68. The van der Waals surface area contributed by atoms with Gasteiger partial charge < -0.3 is 10.1 Å². The molecule has 1 heterocycles. The zero-order chi connectivity index (χ0) is 15.1. The standard InChI is InChI=1S/C17H25N3O/c1-4-18-17(15-12-19-20(5-2)13-15)9-10-21-16-8-6-7-14(3)11-16/h6-8,11-13,17-18H,4-5,9-10H2,1-3H3. The molecule has 4 nitrogen and oxygen atoms in total. The molecule has 0 radical (unpaired) electrons. The van der Waals surface area contributed by atoms with Crippen LogP contribution >= 0.6 is 0 Å². The average molecular weight is 287 g/mol. The van der Waals surface area contributed by atoms with E-state index in [2.05, 4.69) is 49.5 Å². The van der Waals surface area contributed by atoms with E-state index in [1.807, 2.05) is 23.0 Å². The highest BCUT2D eigenvalue weighted by atomic mass is 16.5. The number of benzene rings is 1. The summed E-state index contributed by atoms with van der Waals surface area (Å²) in [5.74, 6) is 0.939. The van der Waals surface area contributed by atoms with Gasteiger partial charge in [-0.15, -0.1) is 0 Å². The first-order valence-electron chi connectivity index (χ1n) is 7.68. The minimum absolute atomic E-state index is 0.292. The molecule has 0 fully saturated rings. The van der Waals surface area contributed by atoms with Crippen molar-refractivity contribution in [2.45, 2.75) is 39.8 Å². The average Bonchev–Trinajstić information content (AvgIpc) is 2.95. The van der Waals surface area contributed by atoms with E-state index in [-0.39, 0.29) is 0 Å². The van der Waals surface area contributed by atoms with Crippen molar-refractivity contribution in [2.24, 2.45) is 0 Å². The van der Waals surface area contributed by atoms with Gasteiger partial charge in [0.25, 0.3) is 0 Å². The Morgan fingerprint density at radius 2 is 2.19 bits per heavy atom. The van der Waals surface area contributed by atoms with Gasteiger partial charge in [-0.25, -0.2) is 0 Å². The van der Waals surface area contributed by atoms with E-state index >= 15 is 0 Å². The molecule has 1 N–H and O–H groups in total. The number of aromatic nitrogens is 2. The summed E-state index contributed by atoms with van der Waals surface area (Å²) in [7, 11) is 0. The number of aryl methyl sites for hydroxylation is 2. The molecule has 0 aliphatic rings. The maximum atomic E-state index is 5.85. The fourth-order valence-electron chi connectivity index (χ4n) is 2.37. The quantitative estimate of drug-likeness (QED) is 0.809. The molecule has 0 saturated heterocycles. The zero-order valence-corrected chi connectivity index (χ0v) is 13.2. The molecule has 1 atom stereocenters. The van der Waals surface area contributed by atoms with Crippen molar-refractivity contribution in [3.63, 3.8) is 0 Å². The maximum absolute atomic E-state index is 5.85. The van der Waals surface area contributed by atoms with Crippen molar-refractivity contribution in [1.29, 1.82) is 0 Å². The summed E-state index contributed by atoms with van der Waals surface area (Å²) in [6.07, 6.45) is 4.99. The summed E-state index contributed by atoms with van der Waals surface area (Å²) in [6.45, 7) is 8.83. The molecule has 0 amide bonds. The van der Waals surface area contributed by atoms with E-state index < -0.39 is 0 Å². The highest BCUT2D eigenvalue weighted by Gasteiger charge is 2.12. The zero-order valence-electron chi connectivity index (χ0n) is 13.2. The van der Waals surface area contributed by atoms with E-state index in [1.54, 1.807) is 0 Å². The van der Waals surface area contributed by atoms with Gasteiger partial charge in [-0.2, -0.15) is 5.10 Å². The highest BCUT2D eigenvalue weighted by Crippen LogP contribution is 2.18. The summed E-state index contributed by atoms with van der Waals surface area (Å²) >= 11 is 0. The fraction of sp³-hybridized carbons (Fsp3) is 0.471. The molecule has 1 aromatic carbocycles. The summed E-state index contributed by atoms with van der Waals surface area (Å²) in [5.41, 5.74) is 2.45. The van der Waals surface area contributed by atoms with Crippen molar-refractivity contribution in [3.05, 3.63) is 47.8 Å². The molecule has 0 saturated carbocycles. The van der Waals surface area contributed by atoms with Crippen molar-refractivity contribution in [1.82, 2.24) is 15.1 Å². The van der Waals surface area contributed by atoms with Gasteiger partial charge >= 0.3 is 0 Å². The first-order chi connectivity index (χ1) is 10.2. The van der Waals surface area contributed by atoms with Gasteiger partial charge in [-0.3, -0.25) is 4.68 Å². The molecule has 2 rings (SSSR count). The smallest absolute Gasteiger partial charge is 0.119 e. The Labute approximate surface area is 127 Å². The molecule has 4 heteroatoms. The molecule has 1 unspecified atom stereocenters. The Kier molecular flexibility index (Phi) is 5.81. The van der Waals surface area contributed by atoms with E-state index in [0.717, 1.165) is 25.3 Å². The maximum Gasteiger partial charge on any atom is 0.119 e.